The van der Waals surface area contributed by atoms with Crippen molar-refractivity contribution in [3.05, 3.63) is 82.2 Å². The van der Waals surface area contributed by atoms with E-state index in [2.05, 4.69) is 10.3 Å². The number of hydrogen-bond acceptors (Lipinski definition) is 5. The molecule has 26 heavy (non-hydrogen) atoms. The summed E-state index contributed by atoms with van der Waals surface area (Å²) in [6, 6.07) is 8.45. The first-order valence-electron chi connectivity index (χ1n) is 7.54. The van der Waals surface area contributed by atoms with E-state index in [9.17, 15) is 19.3 Å². The summed E-state index contributed by atoms with van der Waals surface area (Å²) in [4.78, 5) is 25.6. The maximum atomic E-state index is 14.3. The van der Waals surface area contributed by atoms with Crippen LogP contribution in [0.4, 0.5) is 15.8 Å². The Morgan fingerprint density at radius 2 is 2.12 bits per heavy atom. The molecular weight excluding hydrogens is 341 g/mol. The highest BCUT2D eigenvalue weighted by molar-refractivity contribution is 5.99. The molecule has 1 amide bonds. The van der Waals surface area contributed by atoms with E-state index in [0.29, 0.717) is 16.9 Å². The Hall–Kier alpha value is -3.75. The molecule has 3 rings (SSSR count). The van der Waals surface area contributed by atoms with Gasteiger partial charge in [-0.2, -0.15) is 0 Å². The summed E-state index contributed by atoms with van der Waals surface area (Å²) in [6.45, 7) is 0.208. The van der Waals surface area contributed by atoms with Gasteiger partial charge in [-0.25, -0.2) is 9.37 Å². The topological polar surface area (TPSA) is 116 Å². The number of imidazole rings is 1. The van der Waals surface area contributed by atoms with Crippen molar-refractivity contribution in [1.29, 1.82) is 0 Å². The predicted molar refractivity (Wildman–Crippen MR) is 92.5 cm³/mol. The molecule has 2 aromatic carbocycles. The number of hydrogen-bond donors (Lipinski definition) is 2. The fourth-order valence-electron chi connectivity index (χ4n) is 2.47. The zero-order chi connectivity index (χ0) is 18.7. The van der Waals surface area contributed by atoms with Crippen LogP contribution < -0.4 is 11.1 Å². The number of benzene rings is 2. The van der Waals surface area contributed by atoms with E-state index in [0.717, 1.165) is 6.07 Å². The number of primary amides is 1. The number of nitrogens with zero attached hydrogens (tertiary/aromatic N) is 3. The minimum atomic E-state index is -0.794. The lowest BCUT2D eigenvalue weighted by atomic mass is 10.1. The van der Waals surface area contributed by atoms with Gasteiger partial charge in [0, 0.05) is 36.8 Å². The minimum absolute atomic E-state index is 0.00490. The van der Waals surface area contributed by atoms with E-state index >= 15 is 0 Å². The highest BCUT2D eigenvalue weighted by atomic mass is 19.1. The molecule has 0 unspecified atom stereocenters. The SMILES string of the molecule is NC(=O)c1cc([N+](=O)[O-])ccc1NCc1ccc(-n2ccnc2)c(F)c1. The van der Waals surface area contributed by atoms with E-state index < -0.39 is 16.6 Å². The van der Waals surface area contributed by atoms with Gasteiger partial charge in [0.25, 0.3) is 11.6 Å². The molecule has 0 aliphatic rings. The molecule has 0 aliphatic carbocycles. The van der Waals surface area contributed by atoms with Crippen molar-refractivity contribution in [1.82, 2.24) is 9.55 Å². The summed E-state index contributed by atoms with van der Waals surface area (Å²) < 4.78 is 15.8. The van der Waals surface area contributed by atoms with Crippen molar-refractivity contribution >= 4 is 17.3 Å². The smallest absolute Gasteiger partial charge is 0.270 e. The third kappa shape index (κ3) is 3.51. The lowest BCUT2D eigenvalue weighted by Gasteiger charge is -2.11. The summed E-state index contributed by atoms with van der Waals surface area (Å²) in [5.74, 6) is -1.22. The van der Waals surface area contributed by atoms with Crippen LogP contribution in [0.25, 0.3) is 5.69 Å². The predicted octanol–water partition coefficient (Wildman–Crippen LogP) is 2.63. The molecule has 0 saturated carbocycles. The van der Waals surface area contributed by atoms with E-state index in [1.54, 1.807) is 29.1 Å². The molecule has 8 nitrogen and oxygen atoms in total. The molecule has 1 heterocycles. The van der Waals surface area contributed by atoms with Crippen LogP contribution in [0.2, 0.25) is 0 Å². The van der Waals surface area contributed by atoms with Gasteiger partial charge in [0.2, 0.25) is 0 Å². The molecular formula is C17H14FN5O3. The molecule has 3 aromatic rings. The number of nitrogens with one attached hydrogen (secondary N) is 1. The highest BCUT2D eigenvalue weighted by Gasteiger charge is 2.15. The van der Waals surface area contributed by atoms with Gasteiger partial charge in [-0.05, 0) is 23.8 Å². The number of aromatic nitrogens is 2. The third-order valence-corrected chi connectivity index (χ3v) is 3.76. The Morgan fingerprint density at radius 3 is 2.73 bits per heavy atom. The first-order valence-corrected chi connectivity index (χ1v) is 7.54. The second-order valence-electron chi connectivity index (χ2n) is 5.46. The van der Waals surface area contributed by atoms with Gasteiger partial charge < -0.3 is 15.6 Å². The van der Waals surface area contributed by atoms with Crippen LogP contribution in [-0.4, -0.2) is 20.4 Å². The van der Waals surface area contributed by atoms with Crippen LogP contribution in [0.5, 0.6) is 0 Å². The molecule has 0 saturated heterocycles. The van der Waals surface area contributed by atoms with Gasteiger partial charge in [0.05, 0.1) is 22.5 Å². The number of rotatable bonds is 6. The normalized spacial score (nSPS) is 10.5. The average Bonchev–Trinajstić information content (AvgIpc) is 3.14. The van der Waals surface area contributed by atoms with Crippen molar-refractivity contribution in [2.75, 3.05) is 5.32 Å². The zero-order valence-electron chi connectivity index (χ0n) is 13.4. The number of anilines is 1. The van der Waals surface area contributed by atoms with Crippen LogP contribution in [-0.2, 0) is 6.54 Å². The number of amides is 1. The molecule has 0 spiro atoms. The van der Waals surface area contributed by atoms with E-state index in [-0.39, 0.29) is 17.8 Å². The Bertz CT molecular complexity index is 973. The fraction of sp³-hybridized carbons (Fsp3) is 0.0588. The lowest BCUT2D eigenvalue weighted by Crippen LogP contribution is -2.15. The lowest BCUT2D eigenvalue weighted by molar-refractivity contribution is -0.384. The summed E-state index contributed by atoms with van der Waals surface area (Å²) in [6.07, 6.45) is 4.67. The summed E-state index contributed by atoms with van der Waals surface area (Å²) in [5, 5.41) is 13.8. The summed E-state index contributed by atoms with van der Waals surface area (Å²) in [5.41, 5.74) is 6.36. The minimum Gasteiger partial charge on any atom is -0.380 e. The van der Waals surface area contributed by atoms with Crippen molar-refractivity contribution in [3.8, 4) is 5.69 Å². The van der Waals surface area contributed by atoms with E-state index in [1.165, 1.54) is 24.5 Å². The monoisotopic (exact) mass is 355 g/mol. The number of halogens is 1. The molecule has 3 N–H and O–H groups in total. The number of nitrogens with two attached hydrogens (primary N) is 1. The highest BCUT2D eigenvalue weighted by Crippen LogP contribution is 2.23. The molecule has 0 fully saturated rings. The molecule has 0 radical (unpaired) electrons. The van der Waals surface area contributed by atoms with Gasteiger partial charge in [-0.1, -0.05) is 6.07 Å². The average molecular weight is 355 g/mol. The van der Waals surface area contributed by atoms with Crippen LogP contribution in [0.15, 0.2) is 55.1 Å². The van der Waals surface area contributed by atoms with E-state index in [1.807, 2.05) is 0 Å². The fourth-order valence-corrected chi connectivity index (χ4v) is 2.47. The summed E-state index contributed by atoms with van der Waals surface area (Å²) in [7, 11) is 0. The van der Waals surface area contributed by atoms with Crippen molar-refractivity contribution < 1.29 is 14.1 Å². The van der Waals surface area contributed by atoms with Crippen molar-refractivity contribution in [2.45, 2.75) is 6.54 Å². The molecule has 9 heteroatoms. The third-order valence-electron chi connectivity index (χ3n) is 3.76. The van der Waals surface area contributed by atoms with Gasteiger partial charge in [-0.15, -0.1) is 0 Å². The number of nitro groups is 1. The number of carbonyl (C=O) groups is 1. The van der Waals surface area contributed by atoms with Crippen LogP contribution in [0, 0.1) is 15.9 Å². The Labute approximate surface area is 147 Å². The second-order valence-corrected chi connectivity index (χ2v) is 5.46. The van der Waals surface area contributed by atoms with Gasteiger partial charge in [0.15, 0.2) is 0 Å². The van der Waals surface area contributed by atoms with Gasteiger partial charge >= 0.3 is 0 Å². The summed E-state index contributed by atoms with van der Waals surface area (Å²) >= 11 is 0. The van der Waals surface area contributed by atoms with Crippen LogP contribution in [0.1, 0.15) is 15.9 Å². The maximum absolute atomic E-state index is 14.3. The first-order chi connectivity index (χ1) is 12.5. The number of non-ortho nitro benzene ring substituents is 1. The number of nitro benzene ring substituents is 1. The standard InChI is InChI=1S/C17H14FN5O3/c18-14-7-11(1-4-16(14)22-6-5-20-10-22)9-21-15-3-2-12(23(25)26)8-13(15)17(19)24/h1-8,10,21H,9H2,(H2,19,24). The second kappa shape index (κ2) is 7.01. The van der Waals surface area contributed by atoms with Crippen LogP contribution in [0.3, 0.4) is 0 Å². The van der Waals surface area contributed by atoms with Gasteiger partial charge in [0.1, 0.15) is 5.82 Å². The number of carbonyl (C=O) groups excluding carboxylic acids is 1. The molecule has 132 valence electrons. The molecule has 0 aliphatic heterocycles. The van der Waals surface area contributed by atoms with Crippen molar-refractivity contribution in [2.24, 2.45) is 5.73 Å². The van der Waals surface area contributed by atoms with Crippen LogP contribution >= 0.6 is 0 Å². The Morgan fingerprint density at radius 1 is 1.31 bits per heavy atom. The quantitative estimate of drug-likeness (QED) is 0.521. The zero-order valence-corrected chi connectivity index (χ0v) is 13.4. The van der Waals surface area contributed by atoms with E-state index in [4.69, 9.17) is 5.73 Å². The van der Waals surface area contributed by atoms with Gasteiger partial charge in [-0.3, -0.25) is 14.9 Å². The Kier molecular flexibility index (Phi) is 4.61. The molecule has 0 bridgehead atoms. The molecule has 0 atom stereocenters. The maximum Gasteiger partial charge on any atom is 0.270 e. The first kappa shape index (κ1) is 17.1. The van der Waals surface area contributed by atoms with Crippen molar-refractivity contribution in [3.63, 3.8) is 0 Å². The Balaban J connectivity index is 1.80. The molecule has 1 aromatic heterocycles. The largest absolute Gasteiger partial charge is 0.380 e.